The monoisotopic (exact) mass is 483 g/mol. The van der Waals surface area contributed by atoms with E-state index >= 15 is 0 Å². The highest BCUT2D eigenvalue weighted by Crippen LogP contribution is 2.24. The van der Waals surface area contributed by atoms with Gasteiger partial charge in [-0.3, -0.25) is 9.78 Å². The number of rotatable bonds is 8. The lowest BCUT2D eigenvalue weighted by Gasteiger charge is -2.31. The van der Waals surface area contributed by atoms with Crippen LogP contribution in [0.2, 0.25) is 0 Å². The van der Waals surface area contributed by atoms with E-state index in [0.29, 0.717) is 38.3 Å². The molecule has 9 heteroatoms. The van der Waals surface area contributed by atoms with Crippen LogP contribution in [0.25, 0.3) is 0 Å². The molecule has 1 aromatic heterocycles. The number of halogens is 1. The molecule has 0 bridgehead atoms. The lowest BCUT2D eigenvalue weighted by atomic mass is 9.99. The van der Waals surface area contributed by atoms with Crippen molar-refractivity contribution in [3.05, 3.63) is 90.0 Å². The van der Waals surface area contributed by atoms with Gasteiger partial charge in [-0.15, -0.1) is 0 Å². The van der Waals surface area contributed by atoms with E-state index < -0.39 is 21.8 Å². The van der Waals surface area contributed by atoms with Crippen LogP contribution in [0, 0.1) is 11.7 Å². The van der Waals surface area contributed by atoms with Crippen LogP contribution in [0.5, 0.6) is 5.75 Å². The van der Waals surface area contributed by atoms with E-state index in [1.54, 1.807) is 12.4 Å². The summed E-state index contributed by atoms with van der Waals surface area (Å²) in [5.74, 6) is -0.405. The Balaban J connectivity index is 1.29. The number of hydrogen-bond acceptors (Lipinski definition) is 5. The third-order valence-corrected chi connectivity index (χ3v) is 7.60. The Morgan fingerprint density at radius 3 is 2.56 bits per heavy atom. The summed E-state index contributed by atoms with van der Waals surface area (Å²) in [5, 5.41) is 2.91. The van der Waals surface area contributed by atoms with Crippen LogP contribution < -0.4 is 10.1 Å². The number of hydrogen-bond donors (Lipinski definition) is 1. The lowest BCUT2D eigenvalue weighted by molar-refractivity contribution is -0.126. The predicted octanol–water partition coefficient (Wildman–Crippen LogP) is 3.52. The zero-order valence-electron chi connectivity index (χ0n) is 18.6. The van der Waals surface area contributed by atoms with E-state index in [-0.39, 0.29) is 17.3 Å². The first-order valence-corrected chi connectivity index (χ1v) is 12.5. The second kappa shape index (κ2) is 10.8. The standard InChI is InChI=1S/C25H26FN3O4S/c26-22-7-11-24(12-8-22)34(31,32)29-14-2-4-21(17-29)25(30)28-16-19-5-9-23(10-6-19)33-18-20-3-1-13-27-15-20/h1,3,5-13,15,21H,2,4,14,16-18H2,(H,28,30). The number of nitrogens with one attached hydrogen (secondary N) is 1. The SMILES string of the molecule is O=C(NCc1ccc(OCc2cccnc2)cc1)C1CCCN(S(=O)(=O)c2ccc(F)cc2)C1. The Hall–Kier alpha value is -3.30. The number of amides is 1. The number of piperidine rings is 1. The number of nitrogens with zero attached hydrogens (tertiary/aromatic N) is 2. The van der Waals surface area contributed by atoms with Crippen LogP contribution in [-0.4, -0.2) is 36.7 Å². The Kier molecular flexibility index (Phi) is 7.54. The maximum absolute atomic E-state index is 13.2. The van der Waals surface area contributed by atoms with Gasteiger partial charge in [0.15, 0.2) is 0 Å². The highest BCUT2D eigenvalue weighted by Gasteiger charge is 2.33. The molecule has 1 unspecified atom stereocenters. The van der Waals surface area contributed by atoms with Gasteiger partial charge in [-0.1, -0.05) is 18.2 Å². The summed E-state index contributed by atoms with van der Waals surface area (Å²) in [5.41, 5.74) is 1.88. The lowest BCUT2D eigenvalue weighted by Crippen LogP contribution is -2.45. The Bertz CT molecular complexity index is 1200. The topological polar surface area (TPSA) is 88.6 Å². The fraction of sp³-hybridized carbons (Fsp3) is 0.280. The van der Waals surface area contributed by atoms with Gasteiger partial charge in [0.25, 0.3) is 0 Å². The first-order valence-electron chi connectivity index (χ1n) is 11.1. The van der Waals surface area contributed by atoms with E-state index in [4.69, 9.17) is 4.74 Å². The Morgan fingerprint density at radius 1 is 1.09 bits per heavy atom. The van der Waals surface area contributed by atoms with Crippen molar-refractivity contribution in [1.82, 2.24) is 14.6 Å². The van der Waals surface area contributed by atoms with Crippen molar-refractivity contribution in [1.29, 1.82) is 0 Å². The summed E-state index contributed by atoms with van der Waals surface area (Å²) < 4.78 is 46.0. The molecule has 1 N–H and O–H groups in total. The molecule has 1 atom stereocenters. The molecule has 178 valence electrons. The number of benzene rings is 2. The van der Waals surface area contributed by atoms with Gasteiger partial charge in [-0.05, 0) is 60.9 Å². The van der Waals surface area contributed by atoms with Crippen molar-refractivity contribution in [3.8, 4) is 5.75 Å². The average molecular weight is 484 g/mol. The van der Waals surface area contributed by atoms with Crippen molar-refractivity contribution in [2.75, 3.05) is 13.1 Å². The average Bonchev–Trinajstić information content (AvgIpc) is 2.87. The molecule has 1 aliphatic rings. The fourth-order valence-corrected chi connectivity index (χ4v) is 5.34. The first-order chi connectivity index (χ1) is 16.4. The van der Waals surface area contributed by atoms with Crippen molar-refractivity contribution in [3.63, 3.8) is 0 Å². The van der Waals surface area contributed by atoms with Crippen LogP contribution in [0.1, 0.15) is 24.0 Å². The third kappa shape index (κ3) is 5.98. The summed E-state index contributed by atoms with van der Waals surface area (Å²) in [7, 11) is -3.77. The normalized spacial score (nSPS) is 16.7. The van der Waals surface area contributed by atoms with Gasteiger partial charge < -0.3 is 10.1 Å². The number of pyridine rings is 1. The van der Waals surface area contributed by atoms with Crippen molar-refractivity contribution >= 4 is 15.9 Å². The minimum atomic E-state index is -3.77. The molecule has 0 spiro atoms. The van der Waals surface area contributed by atoms with Gasteiger partial charge in [0.2, 0.25) is 15.9 Å². The molecule has 1 amide bonds. The highest BCUT2D eigenvalue weighted by molar-refractivity contribution is 7.89. The molecule has 2 heterocycles. The first kappa shape index (κ1) is 23.8. The largest absolute Gasteiger partial charge is 0.489 e. The Labute approximate surface area is 198 Å². The summed E-state index contributed by atoms with van der Waals surface area (Å²) in [6, 6.07) is 16.0. The number of sulfonamides is 1. The second-order valence-corrected chi connectivity index (χ2v) is 10.1. The summed E-state index contributed by atoms with van der Waals surface area (Å²) in [4.78, 5) is 16.8. The molecule has 0 radical (unpaired) electrons. The molecule has 2 aromatic carbocycles. The summed E-state index contributed by atoms with van der Waals surface area (Å²) >= 11 is 0. The van der Waals surface area contributed by atoms with Gasteiger partial charge in [-0.2, -0.15) is 4.31 Å². The van der Waals surface area contributed by atoms with E-state index in [1.165, 1.54) is 16.4 Å². The van der Waals surface area contributed by atoms with Crippen LogP contribution in [0.4, 0.5) is 4.39 Å². The van der Waals surface area contributed by atoms with E-state index in [9.17, 15) is 17.6 Å². The molecule has 4 rings (SSSR count). The molecule has 3 aromatic rings. The van der Waals surface area contributed by atoms with E-state index in [0.717, 1.165) is 23.3 Å². The minimum absolute atomic E-state index is 0.0285. The highest BCUT2D eigenvalue weighted by atomic mass is 32.2. The smallest absolute Gasteiger partial charge is 0.243 e. The molecule has 1 fully saturated rings. The van der Waals surface area contributed by atoms with Gasteiger partial charge >= 0.3 is 0 Å². The van der Waals surface area contributed by atoms with Gasteiger partial charge in [0.1, 0.15) is 18.2 Å². The maximum Gasteiger partial charge on any atom is 0.243 e. The predicted molar refractivity (Wildman–Crippen MR) is 125 cm³/mol. The van der Waals surface area contributed by atoms with Gasteiger partial charge in [0, 0.05) is 37.6 Å². The number of carbonyl (C=O) groups excluding carboxylic acids is 1. The van der Waals surface area contributed by atoms with E-state index in [2.05, 4.69) is 10.3 Å². The molecule has 34 heavy (non-hydrogen) atoms. The van der Waals surface area contributed by atoms with Gasteiger partial charge in [0.05, 0.1) is 10.8 Å². The van der Waals surface area contributed by atoms with Gasteiger partial charge in [-0.25, -0.2) is 12.8 Å². The van der Waals surface area contributed by atoms with Crippen molar-refractivity contribution in [2.24, 2.45) is 5.92 Å². The number of aromatic nitrogens is 1. The molecule has 1 saturated heterocycles. The van der Waals surface area contributed by atoms with Crippen LogP contribution in [0.3, 0.4) is 0 Å². The quantitative estimate of drug-likeness (QED) is 0.530. The fourth-order valence-electron chi connectivity index (χ4n) is 3.82. The molecule has 1 aliphatic heterocycles. The second-order valence-electron chi connectivity index (χ2n) is 8.17. The van der Waals surface area contributed by atoms with E-state index in [1.807, 2.05) is 36.4 Å². The minimum Gasteiger partial charge on any atom is -0.489 e. The van der Waals surface area contributed by atoms with Crippen molar-refractivity contribution in [2.45, 2.75) is 30.9 Å². The molecule has 7 nitrogen and oxygen atoms in total. The Morgan fingerprint density at radius 2 is 1.85 bits per heavy atom. The molecule has 0 saturated carbocycles. The van der Waals surface area contributed by atoms with Crippen LogP contribution >= 0.6 is 0 Å². The third-order valence-electron chi connectivity index (χ3n) is 5.72. The molecular weight excluding hydrogens is 457 g/mol. The number of carbonyl (C=O) groups is 1. The van der Waals surface area contributed by atoms with Crippen molar-refractivity contribution < 1.29 is 22.3 Å². The molecule has 0 aliphatic carbocycles. The van der Waals surface area contributed by atoms with Crippen LogP contribution in [-0.2, 0) is 28.0 Å². The number of ether oxygens (including phenoxy) is 1. The van der Waals surface area contributed by atoms with Crippen LogP contribution in [0.15, 0.2) is 78.0 Å². The summed E-state index contributed by atoms with van der Waals surface area (Å²) in [6.45, 7) is 1.20. The summed E-state index contributed by atoms with van der Waals surface area (Å²) in [6.07, 6.45) is 4.66. The molecular formula is C25H26FN3O4S. The zero-order chi connectivity index (χ0) is 24.0. The zero-order valence-corrected chi connectivity index (χ0v) is 19.4. The maximum atomic E-state index is 13.2.